The van der Waals surface area contributed by atoms with Crippen LogP contribution in [0.1, 0.15) is 18.9 Å². The first-order chi connectivity index (χ1) is 8.58. The highest BCUT2D eigenvalue weighted by Crippen LogP contribution is 2.31. The van der Waals surface area contributed by atoms with Crippen molar-refractivity contribution < 1.29 is 14.3 Å². The Hall–Kier alpha value is -1.55. The molecule has 0 amide bonds. The van der Waals surface area contributed by atoms with Gasteiger partial charge in [0.1, 0.15) is 0 Å². The molecule has 1 fully saturated rings. The van der Waals surface area contributed by atoms with Crippen LogP contribution in [0.5, 0.6) is 0 Å². The molecular formula is C14H19NO3. The monoisotopic (exact) mass is 249 g/mol. The number of esters is 1. The average molecular weight is 249 g/mol. The lowest BCUT2D eigenvalue weighted by Crippen LogP contribution is -2.52. The smallest absolute Gasteiger partial charge is 0.334 e. The number of hydrogen-bond donors (Lipinski definition) is 1. The van der Waals surface area contributed by atoms with Crippen molar-refractivity contribution in [3.63, 3.8) is 0 Å². The number of carbonyl (C=O) groups excluding carboxylic acids is 1. The predicted molar refractivity (Wildman–Crippen MR) is 69.6 cm³/mol. The van der Waals surface area contributed by atoms with Crippen LogP contribution in [0.4, 0.5) is 5.69 Å². The highest BCUT2D eigenvalue weighted by molar-refractivity contribution is 5.85. The minimum Gasteiger partial charge on any atom is -0.467 e. The van der Waals surface area contributed by atoms with Crippen LogP contribution >= 0.6 is 0 Å². The molecule has 1 aromatic carbocycles. The summed E-state index contributed by atoms with van der Waals surface area (Å²) in [5.41, 5.74) is 1.28. The van der Waals surface area contributed by atoms with E-state index in [0.717, 1.165) is 11.3 Å². The van der Waals surface area contributed by atoms with E-state index in [1.54, 1.807) is 0 Å². The van der Waals surface area contributed by atoms with Crippen molar-refractivity contribution >= 4 is 11.7 Å². The first-order valence-electron chi connectivity index (χ1n) is 6.13. The molecule has 0 aliphatic carbocycles. The van der Waals surface area contributed by atoms with E-state index in [1.165, 1.54) is 7.11 Å². The van der Waals surface area contributed by atoms with Gasteiger partial charge < -0.3 is 14.8 Å². The molecule has 1 saturated heterocycles. The molecule has 0 radical (unpaired) electrons. The molecule has 18 heavy (non-hydrogen) atoms. The Bertz CT molecular complexity index is 446. The third kappa shape index (κ3) is 2.20. The number of hydrogen-bond acceptors (Lipinski definition) is 4. The molecule has 1 N–H and O–H groups in total. The maximum Gasteiger partial charge on any atom is 0.334 e. The summed E-state index contributed by atoms with van der Waals surface area (Å²) in [7, 11) is 1.41. The molecule has 1 aromatic rings. The fourth-order valence-corrected chi connectivity index (χ4v) is 2.39. The van der Waals surface area contributed by atoms with Crippen LogP contribution in [0.3, 0.4) is 0 Å². The van der Waals surface area contributed by atoms with Crippen molar-refractivity contribution in [3.05, 3.63) is 29.8 Å². The van der Waals surface area contributed by atoms with Gasteiger partial charge in [-0.15, -0.1) is 0 Å². The Labute approximate surface area is 107 Å². The van der Waals surface area contributed by atoms with E-state index in [2.05, 4.69) is 5.32 Å². The van der Waals surface area contributed by atoms with E-state index < -0.39 is 5.54 Å². The topological polar surface area (TPSA) is 47.6 Å². The molecule has 4 heteroatoms. The van der Waals surface area contributed by atoms with Crippen molar-refractivity contribution in [1.82, 2.24) is 0 Å². The van der Waals surface area contributed by atoms with E-state index in [4.69, 9.17) is 9.47 Å². The molecule has 2 rings (SSSR count). The maximum absolute atomic E-state index is 12.1. The molecule has 0 spiro atoms. The van der Waals surface area contributed by atoms with Gasteiger partial charge in [0.2, 0.25) is 0 Å². The second-order valence-corrected chi connectivity index (χ2v) is 4.72. The van der Waals surface area contributed by atoms with Gasteiger partial charge in [-0.1, -0.05) is 12.1 Å². The highest BCUT2D eigenvalue weighted by Gasteiger charge is 2.49. The lowest BCUT2D eigenvalue weighted by molar-refractivity contribution is -0.147. The summed E-state index contributed by atoms with van der Waals surface area (Å²) in [6.07, 6.45) is 0.417. The summed E-state index contributed by atoms with van der Waals surface area (Å²) in [4.78, 5) is 12.1. The van der Waals surface area contributed by atoms with Gasteiger partial charge in [0, 0.05) is 18.7 Å². The lowest BCUT2D eigenvalue weighted by Gasteiger charge is -2.31. The van der Waals surface area contributed by atoms with Crippen LogP contribution in [0, 0.1) is 6.92 Å². The molecule has 4 nitrogen and oxygen atoms in total. The number of benzene rings is 1. The summed E-state index contributed by atoms with van der Waals surface area (Å²) >= 11 is 0. The standard InChI is InChI=1S/C14H19NO3/c1-10-5-4-6-12(9-10)15-14(13(16)17-3)7-8-18-11(14)2/h4-6,9,11,15H,7-8H2,1-3H3. The third-order valence-corrected chi connectivity index (χ3v) is 3.49. The van der Waals surface area contributed by atoms with E-state index >= 15 is 0 Å². The first kappa shape index (κ1) is 12.9. The summed E-state index contributed by atoms with van der Waals surface area (Å²) in [6, 6.07) is 7.94. The van der Waals surface area contributed by atoms with Crippen molar-refractivity contribution in [2.75, 3.05) is 19.0 Å². The number of aryl methyl sites for hydroxylation is 1. The molecule has 98 valence electrons. The molecule has 0 bridgehead atoms. The van der Waals surface area contributed by atoms with E-state index in [1.807, 2.05) is 38.1 Å². The minimum atomic E-state index is -0.775. The number of anilines is 1. The zero-order chi connectivity index (χ0) is 13.2. The first-order valence-corrected chi connectivity index (χ1v) is 6.13. The Morgan fingerprint density at radius 1 is 1.56 bits per heavy atom. The van der Waals surface area contributed by atoms with Gasteiger partial charge in [-0.25, -0.2) is 4.79 Å². The zero-order valence-corrected chi connectivity index (χ0v) is 11.0. The molecule has 1 aliphatic rings. The van der Waals surface area contributed by atoms with Crippen LogP contribution in [0.25, 0.3) is 0 Å². The number of nitrogens with one attached hydrogen (secondary N) is 1. The number of methoxy groups -OCH3 is 1. The second-order valence-electron chi connectivity index (χ2n) is 4.72. The van der Waals surface area contributed by atoms with E-state index in [9.17, 15) is 4.79 Å². The minimum absolute atomic E-state index is 0.203. The van der Waals surface area contributed by atoms with Crippen LogP contribution < -0.4 is 5.32 Å². The molecule has 2 atom stereocenters. The highest BCUT2D eigenvalue weighted by atomic mass is 16.5. The van der Waals surface area contributed by atoms with Crippen molar-refractivity contribution in [2.45, 2.75) is 31.9 Å². The quantitative estimate of drug-likeness (QED) is 0.834. The van der Waals surface area contributed by atoms with E-state index in [0.29, 0.717) is 13.0 Å². The normalized spacial score (nSPS) is 26.9. The van der Waals surface area contributed by atoms with Crippen molar-refractivity contribution in [3.8, 4) is 0 Å². The molecule has 2 unspecified atom stereocenters. The third-order valence-electron chi connectivity index (χ3n) is 3.49. The zero-order valence-electron chi connectivity index (χ0n) is 11.0. The van der Waals surface area contributed by atoms with Crippen LogP contribution in [0.2, 0.25) is 0 Å². The average Bonchev–Trinajstić information content (AvgIpc) is 2.71. The van der Waals surface area contributed by atoms with Crippen LogP contribution in [-0.4, -0.2) is 31.3 Å². The van der Waals surface area contributed by atoms with Crippen LogP contribution in [-0.2, 0) is 14.3 Å². The Morgan fingerprint density at radius 2 is 2.33 bits per heavy atom. The Balaban J connectivity index is 2.29. The molecule has 1 heterocycles. The van der Waals surface area contributed by atoms with Gasteiger partial charge in [-0.3, -0.25) is 0 Å². The van der Waals surface area contributed by atoms with Crippen molar-refractivity contribution in [1.29, 1.82) is 0 Å². The lowest BCUT2D eigenvalue weighted by atomic mass is 9.91. The summed E-state index contributed by atoms with van der Waals surface area (Å²) in [5, 5.41) is 3.30. The molecule has 0 aromatic heterocycles. The number of ether oxygens (including phenoxy) is 2. The number of carbonyl (C=O) groups is 1. The number of rotatable bonds is 3. The van der Waals surface area contributed by atoms with Gasteiger partial charge >= 0.3 is 5.97 Å². The summed E-state index contributed by atoms with van der Waals surface area (Å²) < 4.78 is 10.5. The van der Waals surface area contributed by atoms with Gasteiger partial charge in [0.15, 0.2) is 5.54 Å². The van der Waals surface area contributed by atoms with Crippen molar-refractivity contribution in [2.24, 2.45) is 0 Å². The maximum atomic E-state index is 12.1. The van der Waals surface area contributed by atoms with Gasteiger partial charge in [-0.05, 0) is 31.5 Å². The fraction of sp³-hybridized carbons (Fsp3) is 0.500. The SMILES string of the molecule is COC(=O)C1(Nc2cccc(C)c2)CCOC1C. The predicted octanol–water partition coefficient (Wildman–Crippen LogP) is 2.13. The van der Waals surface area contributed by atoms with E-state index in [-0.39, 0.29) is 12.1 Å². The van der Waals surface area contributed by atoms with Gasteiger partial charge in [0.25, 0.3) is 0 Å². The van der Waals surface area contributed by atoms with Gasteiger partial charge in [0.05, 0.1) is 13.2 Å². The summed E-state index contributed by atoms with van der Waals surface area (Å²) in [6.45, 7) is 4.48. The Morgan fingerprint density at radius 3 is 2.89 bits per heavy atom. The fourth-order valence-electron chi connectivity index (χ4n) is 2.39. The largest absolute Gasteiger partial charge is 0.467 e. The molecule has 1 aliphatic heterocycles. The second kappa shape index (κ2) is 4.98. The summed E-state index contributed by atoms with van der Waals surface area (Å²) in [5.74, 6) is -0.269. The van der Waals surface area contributed by atoms with Crippen LogP contribution in [0.15, 0.2) is 24.3 Å². The molecule has 0 saturated carbocycles. The molecular weight excluding hydrogens is 230 g/mol. The Kier molecular flexibility index (Phi) is 3.57. The van der Waals surface area contributed by atoms with Gasteiger partial charge in [-0.2, -0.15) is 0 Å².